The number of nitriles is 1. The number of amides is 2. The van der Waals surface area contributed by atoms with Crippen molar-refractivity contribution >= 4 is 20.3 Å². The summed E-state index contributed by atoms with van der Waals surface area (Å²) >= 11 is 0. The number of carbonyl (C=O) groups is 2. The first-order valence-corrected chi connectivity index (χ1v) is 13.4. The summed E-state index contributed by atoms with van der Waals surface area (Å²) in [5.41, 5.74) is -0.647. The number of hydrogen-bond donors (Lipinski definition) is 0. The Balaban J connectivity index is 2.24. The SMILES string of the molecule is CC(C)(C)OC(=O)N1C[C@@H](O[Si](C)(C)C(C)(C)C)C[C@H]1C(=O)N1CCC[C@H]1C#N. The monoisotopic (exact) mass is 423 g/mol. The summed E-state index contributed by atoms with van der Waals surface area (Å²) in [5.74, 6) is -0.166. The molecule has 2 amide bonds. The van der Waals surface area contributed by atoms with E-state index in [0.29, 0.717) is 25.9 Å². The second-order valence-corrected chi connectivity index (χ2v) is 15.5. The van der Waals surface area contributed by atoms with E-state index in [-0.39, 0.29) is 17.0 Å². The first kappa shape index (κ1) is 23.7. The Morgan fingerprint density at radius 1 is 1.10 bits per heavy atom. The van der Waals surface area contributed by atoms with Crippen LogP contribution in [-0.4, -0.2) is 67.0 Å². The van der Waals surface area contributed by atoms with E-state index in [1.807, 2.05) is 20.8 Å². The smallest absolute Gasteiger partial charge is 0.411 e. The lowest BCUT2D eigenvalue weighted by atomic mass is 10.1. The van der Waals surface area contributed by atoms with Gasteiger partial charge in [-0.15, -0.1) is 0 Å². The van der Waals surface area contributed by atoms with Crippen molar-refractivity contribution in [2.24, 2.45) is 0 Å². The molecule has 0 aromatic rings. The van der Waals surface area contributed by atoms with Gasteiger partial charge in [0.05, 0.1) is 12.2 Å². The maximum absolute atomic E-state index is 13.3. The average molecular weight is 424 g/mol. The van der Waals surface area contributed by atoms with Crippen molar-refractivity contribution < 1.29 is 18.8 Å². The van der Waals surface area contributed by atoms with Gasteiger partial charge >= 0.3 is 6.09 Å². The van der Waals surface area contributed by atoms with Crippen LogP contribution in [0.2, 0.25) is 18.1 Å². The molecule has 0 aromatic carbocycles. The van der Waals surface area contributed by atoms with Gasteiger partial charge in [-0.05, 0) is 51.7 Å². The molecule has 0 bridgehead atoms. The number of nitrogens with zero attached hydrogens (tertiary/aromatic N) is 3. The lowest BCUT2D eigenvalue weighted by Crippen LogP contribution is -2.50. The van der Waals surface area contributed by atoms with E-state index in [4.69, 9.17) is 9.16 Å². The summed E-state index contributed by atoms with van der Waals surface area (Å²) in [6.07, 6.45) is 1.24. The van der Waals surface area contributed by atoms with Crippen molar-refractivity contribution in [1.29, 1.82) is 5.26 Å². The second kappa shape index (κ2) is 8.27. The summed E-state index contributed by atoms with van der Waals surface area (Å²) in [6, 6.07) is 1.16. The lowest BCUT2D eigenvalue weighted by Gasteiger charge is -2.38. The van der Waals surface area contributed by atoms with Crippen molar-refractivity contribution in [3.8, 4) is 6.07 Å². The summed E-state index contributed by atoms with van der Waals surface area (Å²) in [7, 11) is -2.05. The first-order chi connectivity index (χ1) is 13.2. The molecule has 0 unspecified atom stereocenters. The normalized spacial score (nSPS) is 25.8. The van der Waals surface area contributed by atoms with Gasteiger partial charge in [-0.1, -0.05) is 20.8 Å². The Hall–Kier alpha value is -1.59. The highest BCUT2D eigenvalue weighted by molar-refractivity contribution is 6.74. The molecule has 2 saturated heterocycles. The largest absolute Gasteiger partial charge is 0.444 e. The van der Waals surface area contributed by atoms with Gasteiger partial charge in [0, 0.05) is 19.5 Å². The second-order valence-electron chi connectivity index (χ2n) is 10.7. The molecule has 2 fully saturated rings. The fraction of sp³-hybridized carbons (Fsp3) is 0.857. The Kier molecular flexibility index (Phi) is 6.75. The van der Waals surface area contributed by atoms with Crippen LogP contribution >= 0.6 is 0 Å². The minimum Gasteiger partial charge on any atom is -0.444 e. The van der Waals surface area contributed by atoms with E-state index in [2.05, 4.69) is 39.9 Å². The molecular formula is C21H37N3O4Si. The fourth-order valence-electron chi connectivity index (χ4n) is 3.59. The number of rotatable bonds is 3. The Bertz CT molecular complexity index is 675. The van der Waals surface area contributed by atoms with E-state index >= 15 is 0 Å². The van der Waals surface area contributed by atoms with Gasteiger partial charge in [0.1, 0.15) is 17.7 Å². The molecule has 164 valence electrons. The van der Waals surface area contributed by atoms with Crippen LogP contribution in [0.3, 0.4) is 0 Å². The van der Waals surface area contributed by atoms with Gasteiger partial charge in [-0.2, -0.15) is 5.26 Å². The molecule has 7 nitrogen and oxygen atoms in total. The van der Waals surface area contributed by atoms with Crippen molar-refractivity contribution in [3.05, 3.63) is 0 Å². The number of ether oxygens (including phenoxy) is 1. The van der Waals surface area contributed by atoms with Crippen LogP contribution in [0, 0.1) is 11.3 Å². The number of carbonyl (C=O) groups excluding carboxylic acids is 2. The Labute approximate surface area is 176 Å². The summed E-state index contributed by atoms with van der Waals surface area (Å²) < 4.78 is 12.1. The molecule has 0 N–H and O–H groups in total. The lowest BCUT2D eigenvalue weighted by molar-refractivity contribution is -0.135. The van der Waals surface area contributed by atoms with Gasteiger partial charge < -0.3 is 14.1 Å². The van der Waals surface area contributed by atoms with Crippen LogP contribution in [0.1, 0.15) is 60.8 Å². The van der Waals surface area contributed by atoms with Crippen LogP contribution in [0.15, 0.2) is 0 Å². The maximum atomic E-state index is 13.3. The molecule has 0 aromatic heterocycles. The Morgan fingerprint density at radius 3 is 2.24 bits per heavy atom. The third kappa shape index (κ3) is 5.52. The zero-order valence-electron chi connectivity index (χ0n) is 19.2. The third-order valence-corrected chi connectivity index (χ3v) is 10.7. The number of likely N-dealkylation sites (tertiary alicyclic amines) is 2. The zero-order valence-corrected chi connectivity index (χ0v) is 20.2. The molecule has 3 atom stereocenters. The topological polar surface area (TPSA) is 82.9 Å². The molecule has 0 aliphatic carbocycles. The summed E-state index contributed by atoms with van der Waals surface area (Å²) in [4.78, 5) is 29.3. The van der Waals surface area contributed by atoms with Crippen molar-refractivity contribution in [3.63, 3.8) is 0 Å². The molecule has 8 heteroatoms. The number of hydrogen-bond acceptors (Lipinski definition) is 5. The van der Waals surface area contributed by atoms with Crippen LogP contribution < -0.4 is 0 Å². The van der Waals surface area contributed by atoms with E-state index in [9.17, 15) is 14.9 Å². The van der Waals surface area contributed by atoms with Crippen molar-refractivity contribution in [2.75, 3.05) is 13.1 Å². The fourth-order valence-corrected chi connectivity index (χ4v) is 4.95. The molecule has 2 rings (SSSR count). The quantitative estimate of drug-likeness (QED) is 0.643. The van der Waals surface area contributed by atoms with Gasteiger partial charge in [0.25, 0.3) is 0 Å². The molecule has 0 spiro atoms. The van der Waals surface area contributed by atoms with Crippen LogP contribution in [0.4, 0.5) is 4.79 Å². The van der Waals surface area contributed by atoms with E-state index in [0.717, 1.165) is 6.42 Å². The van der Waals surface area contributed by atoms with Crippen LogP contribution in [0.25, 0.3) is 0 Å². The summed E-state index contributed by atoms with van der Waals surface area (Å²) in [6.45, 7) is 17.2. The molecule has 2 aliphatic heterocycles. The standard InChI is InChI=1S/C21H37N3O4Si/c1-20(2,3)27-19(26)24-14-16(28-29(7,8)21(4,5)6)12-17(24)18(25)23-11-9-10-15(23)13-22/h15-17H,9-12,14H2,1-8H3/t15-,16-,17-/m0/s1. The van der Waals surface area contributed by atoms with Crippen molar-refractivity contribution in [2.45, 2.75) is 103 Å². The predicted molar refractivity (Wildman–Crippen MR) is 114 cm³/mol. The Morgan fingerprint density at radius 2 is 1.72 bits per heavy atom. The van der Waals surface area contributed by atoms with Gasteiger partial charge in [-0.25, -0.2) is 4.79 Å². The van der Waals surface area contributed by atoms with E-state index in [1.165, 1.54) is 4.90 Å². The minimum absolute atomic E-state index is 0.0344. The van der Waals surface area contributed by atoms with E-state index < -0.39 is 32.1 Å². The van der Waals surface area contributed by atoms with Gasteiger partial charge in [0.15, 0.2) is 8.32 Å². The van der Waals surface area contributed by atoms with Crippen LogP contribution in [0.5, 0.6) is 0 Å². The minimum atomic E-state index is -2.05. The molecule has 29 heavy (non-hydrogen) atoms. The highest BCUT2D eigenvalue weighted by Gasteiger charge is 2.48. The summed E-state index contributed by atoms with van der Waals surface area (Å²) in [5, 5.41) is 9.42. The molecule has 2 heterocycles. The molecule has 0 saturated carbocycles. The average Bonchev–Trinajstić information content (AvgIpc) is 3.17. The van der Waals surface area contributed by atoms with E-state index in [1.54, 1.807) is 4.90 Å². The van der Waals surface area contributed by atoms with Crippen molar-refractivity contribution in [1.82, 2.24) is 9.80 Å². The first-order valence-electron chi connectivity index (χ1n) is 10.5. The third-order valence-electron chi connectivity index (χ3n) is 6.13. The molecule has 2 aliphatic rings. The zero-order chi connectivity index (χ0) is 22.2. The molecular weight excluding hydrogens is 386 g/mol. The highest BCUT2D eigenvalue weighted by atomic mass is 28.4. The maximum Gasteiger partial charge on any atom is 0.411 e. The van der Waals surface area contributed by atoms with Gasteiger partial charge in [0.2, 0.25) is 5.91 Å². The van der Waals surface area contributed by atoms with Gasteiger partial charge in [-0.3, -0.25) is 9.69 Å². The van der Waals surface area contributed by atoms with Crippen LogP contribution in [-0.2, 0) is 14.0 Å². The predicted octanol–water partition coefficient (Wildman–Crippen LogP) is 3.90. The highest BCUT2D eigenvalue weighted by Crippen LogP contribution is 2.39. The molecule has 0 radical (unpaired) electrons.